The predicted molar refractivity (Wildman–Crippen MR) is 137 cm³/mol. The number of rotatable bonds is 21. The standard InChI is InChI=1S/C26H44N2O10/c1-5-35-23(31)17-15-19(25(33)37-7-3)27-21(29)13-11-9-10-12-14-22(30)28-20(26(34)38-8-4)16-18-24(32)36-6-2/h19-20H,5-18H2,1-4H3,(H,27,29)(H,28,30). The topological polar surface area (TPSA) is 163 Å². The fourth-order valence-electron chi connectivity index (χ4n) is 3.43. The predicted octanol–water partition coefficient (Wildman–Crippen LogP) is 2.11. The fourth-order valence-corrected chi connectivity index (χ4v) is 3.43. The molecule has 0 spiro atoms. The summed E-state index contributed by atoms with van der Waals surface area (Å²) >= 11 is 0. The number of carbonyl (C=O) groups excluding carboxylic acids is 6. The third-order valence-corrected chi connectivity index (χ3v) is 5.26. The second-order valence-electron chi connectivity index (χ2n) is 8.35. The molecule has 0 aliphatic carbocycles. The first-order valence-electron chi connectivity index (χ1n) is 13.4. The second kappa shape index (κ2) is 21.9. The quantitative estimate of drug-likeness (QED) is 0.124. The molecule has 2 amide bonds. The van der Waals surface area contributed by atoms with E-state index in [1.54, 1.807) is 27.7 Å². The van der Waals surface area contributed by atoms with Gasteiger partial charge < -0.3 is 29.6 Å². The van der Waals surface area contributed by atoms with E-state index in [0.717, 1.165) is 0 Å². The molecule has 0 heterocycles. The van der Waals surface area contributed by atoms with Crippen molar-refractivity contribution in [3.05, 3.63) is 0 Å². The number of carbonyl (C=O) groups is 6. The molecule has 2 N–H and O–H groups in total. The van der Waals surface area contributed by atoms with Crippen LogP contribution in [0.15, 0.2) is 0 Å². The third kappa shape index (κ3) is 17.3. The zero-order chi connectivity index (χ0) is 28.8. The number of nitrogens with one attached hydrogen (secondary N) is 2. The van der Waals surface area contributed by atoms with Crippen LogP contribution in [0.3, 0.4) is 0 Å². The largest absolute Gasteiger partial charge is 0.466 e. The van der Waals surface area contributed by atoms with Crippen LogP contribution in [0.1, 0.15) is 91.9 Å². The van der Waals surface area contributed by atoms with Crippen LogP contribution in [0.5, 0.6) is 0 Å². The highest BCUT2D eigenvalue weighted by Crippen LogP contribution is 2.09. The number of ether oxygens (including phenoxy) is 4. The van der Waals surface area contributed by atoms with E-state index in [9.17, 15) is 28.8 Å². The maximum absolute atomic E-state index is 12.3. The van der Waals surface area contributed by atoms with Crippen LogP contribution in [-0.2, 0) is 47.7 Å². The van der Waals surface area contributed by atoms with Crippen molar-refractivity contribution in [1.29, 1.82) is 0 Å². The molecule has 0 saturated heterocycles. The normalized spacial score (nSPS) is 12.0. The van der Waals surface area contributed by atoms with E-state index >= 15 is 0 Å². The molecule has 0 saturated carbocycles. The van der Waals surface area contributed by atoms with Crippen molar-refractivity contribution in [2.45, 2.75) is 104 Å². The number of hydrogen-bond acceptors (Lipinski definition) is 10. The summed E-state index contributed by atoms with van der Waals surface area (Å²) in [5.74, 6) is -2.76. The lowest BCUT2D eigenvalue weighted by Crippen LogP contribution is -2.42. The minimum absolute atomic E-state index is 0.0144. The van der Waals surface area contributed by atoms with Gasteiger partial charge in [0.25, 0.3) is 0 Å². The Morgan fingerprint density at radius 1 is 0.500 bits per heavy atom. The molecule has 2 atom stereocenters. The molecule has 0 radical (unpaired) electrons. The lowest BCUT2D eigenvalue weighted by molar-refractivity contribution is -0.149. The highest BCUT2D eigenvalue weighted by Gasteiger charge is 2.24. The molecule has 0 aromatic heterocycles. The van der Waals surface area contributed by atoms with E-state index in [2.05, 4.69) is 10.6 Å². The number of unbranched alkanes of at least 4 members (excludes halogenated alkanes) is 3. The summed E-state index contributed by atoms with van der Waals surface area (Å²) in [6, 6.07) is -1.85. The summed E-state index contributed by atoms with van der Waals surface area (Å²) in [6.45, 7) is 7.46. The van der Waals surface area contributed by atoms with Crippen molar-refractivity contribution < 1.29 is 47.7 Å². The van der Waals surface area contributed by atoms with Crippen LogP contribution in [0.25, 0.3) is 0 Å². The Bertz CT molecular complexity index is 694. The molecule has 12 nitrogen and oxygen atoms in total. The maximum atomic E-state index is 12.3. The van der Waals surface area contributed by atoms with Crippen molar-refractivity contribution in [1.82, 2.24) is 10.6 Å². The fraction of sp³-hybridized carbons (Fsp3) is 0.769. The van der Waals surface area contributed by atoms with Gasteiger partial charge >= 0.3 is 23.9 Å². The molecule has 0 aromatic rings. The molecular weight excluding hydrogens is 500 g/mol. The molecule has 0 aromatic carbocycles. The summed E-state index contributed by atoms with van der Waals surface area (Å²) in [4.78, 5) is 72.0. The zero-order valence-corrected chi connectivity index (χ0v) is 23.1. The summed E-state index contributed by atoms with van der Waals surface area (Å²) in [5, 5.41) is 5.23. The van der Waals surface area contributed by atoms with Gasteiger partial charge in [-0.2, -0.15) is 0 Å². The molecule has 218 valence electrons. The number of hydrogen-bond donors (Lipinski definition) is 2. The highest BCUT2D eigenvalue weighted by atomic mass is 16.5. The Morgan fingerprint density at radius 3 is 1.16 bits per heavy atom. The van der Waals surface area contributed by atoms with Crippen molar-refractivity contribution >= 4 is 35.7 Å². The van der Waals surface area contributed by atoms with E-state index in [-0.39, 0.29) is 76.8 Å². The van der Waals surface area contributed by atoms with Gasteiger partial charge in [-0.3, -0.25) is 19.2 Å². The molecule has 38 heavy (non-hydrogen) atoms. The van der Waals surface area contributed by atoms with Gasteiger partial charge in [0, 0.05) is 25.7 Å². The molecule has 2 unspecified atom stereocenters. The van der Waals surface area contributed by atoms with Gasteiger partial charge in [0.2, 0.25) is 11.8 Å². The zero-order valence-electron chi connectivity index (χ0n) is 23.1. The Labute approximate surface area is 224 Å². The first-order valence-corrected chi connectivity index (χ1v) is 13.4. The first-order chi connectivity index (χ1) is 18.2. The highest BCUT2D eigenvalue weighted by molar-refractivity contribution is 5.85. The van der Waals surface area contributed by atoms with Crippen LogP contribution >= 0.6 is 0 Å². The van der Waals surface area contributed by atoms with Crippen molar-refractivity contribution in [3.63, 3.8) is 0 Å². The van der Waals surface area contributed by atoms with Gasteiger partial charge in [-0.05, 0) is 53.4 Å². The molecule has 0 rings (SSSR count). The number of esters is 4. The monoisotopic (exact) mass is 544 g/mol. The average molecular weight is 545 g/mol. The Balaban J connectivity index is 4.40. The Morgan fingerprint density at radius 2 is 0.842 bits per heavy atom. The second-order valence-corrected chi connectivity index (χ2v) is 8.35. The Kier molecular flexibility index (Phi) is 20.0. The van der Waals surface area contributed by atoms with Gasteiger partial charge in [-0.1, -0.05) is 12.8 Å². The van der Waals surface area contributed by atoms with Crippen LogP contribution < -0.4 is 10.6 Å². The van der Waals surface area contributed by atoms with Gasteiger partial charge in [-0.15, -0.1) is 0 Å². The van der Waals surface area contributed by atoms with E-state index < -0.39 is 36.0 Å². The molecule has 0 aliphatic heterocycles. The van der Waals surface area contributed by atoms with Crippen molar-refractivity contribution in [3.8, 4) is 0 Å². The van der Waals surface area contributed by atoms with E-state index in [1.807, 2.05) is 0 Å². The summed E-state index contributed by atoms with van der Waals surface area (Å²) < 4.78 is 19.7. The Hall–Kier alpha value is -3.18. The average Bonchev–Trinajstić information content (AvgIpc) is 2.86. The van der Waals surface area contributed by atoms with Gasteiger partial charge in [0.05, 0.1) is 26.4 Å². The first kappa shape index (κ1) is 34.8. The molecular formula is C26H44N2O10. The van der Waals surface area contributed by atoms with E-state index in [1.165, 1.54) is 0 Å². The molecule has 0 fully saturated rings. The summed E-state index contributed by atoms with van der Waals surface area (Å²) in [6.07, 6.45) is 2.96. The van der Waals surface area contributed by atoms with Crippen LogP contribution in [0.2, 0.25) is 0 Å². The lowest BCUT2D eigenvalue weighted by Gasteiger charge is -2.17. The lowest BCUT2D eigenvalue weighted by atomic mass is 10.1. The molecule has 12 heteroatoms. The van der Waals surface area contributed by atoms with Gasteiger partial charge in [0.1, 0.15) is 12.1 Å². The maximum Gasteiger partial charge on any atom is 0.328 e. The van der Waals surface area contributed by atoms with Gasteiger partial charge in [0.15, 0.2) is 0 Å². The summed E-state index contributed by atoms with van der Waals surface area (Å²) in [5.41, 5.74) is 0. The van der Waals surface area contributed by atoms with Gasteiger partial charge in [-0.25, -0.2) is 9.59 Å². The van der Waals surface area contributed by atoms with Crippen LogP contribution in [0, 0.1) is 0 Å². The SMILES string of the molecule is CCOC(=O)CCC(NC(=O)CCCCCCC(=O)NC(CCC(=O)OCC)C(=O)OCC)C(=O)OCC. The number of amides is 2. The van der Waals surface area contributed by atoms with Crippen molar-refractivity contribution in [2.24, 2.45) is 0 Å². The third-order valence-electron chi connectivity index (χ3n) is 5.26. The van der Waals surface area contributed by atoms with Crippen LogP contribution in [0.4, 0.5) is 0 Å². The summed E-state index contributed by atoms with van der Waals surface area (Å²) in [7, 11) is 0. The van der Waals surface area contributed by atoms with E-state index in [4.69, 9.17) is 18.9 Å². The van der Waals surface area contributed by atoms with Crippen LogP contribution in [-0.4, -0.2) is 74.2 Å². The molecule has 0 aliphatic rings. The minimum Gasteiger partial charge on any atom is -0.466 e. The van der Waals surface area contributed by atoms with Crippen molar-refractivity contribution in [2.75, 3.05) is 26.4 Å². The smallest absolute Gasteiger partial charge is 0.328 e. The van der Waals surface area contributed by atoms with E-state index in [0.29, 0.717) is 25.7 Å². The molecule has 0 bridgehead atoms. The minimum atomic E-state index is -0.924.